The van der Waals surface area contributed by atoms with Crippen molar-refractivity contribution in [3.63, 3.8) is 0 Å². The van der Waals surface area contributed by atoms with Gasteiger partial charge in [-0.3, -0.25) is 4.68 Å². The summed E-state index contributed by atoms with van der Waals surface area (Å²) < 4.78 is 12.3. The molecule has 0 aliphatic rings. The van der Waals surface area contributed by atoms with Gasteiger partial charge in [0.2, 0.25) is 0 Å². The Bertz CT molecular complexity index is 554. The molecule has 0 amide bonds. The maximum Gasteiger partial charge on any atom is 0.160 e. The third-order valence-electron chi connectivity index (χ3n) is 3.15. The highest BCUT2D eigenvalue weighted by Gasteiger charge is 2.04. The van der Waals surface area contributed by atoms with Crippen LogP contribution in [0.5, 0.6) is 11.5 Å². The summed E-state index contributed by atoms with van der Waals surface area (Å²) in [6.45, 7) is 1.64. The van der Waals surface area contributed by atoms with Crippen molar-refractivity contribution in [1.82, 2.24) is 20.3 Å². The van der Waals surface area contributed by atoms with E-state index in [-0.39, 0.29) is 0 Å². The van der Waals surface area contributed by atoms with E-state index in [1.54, 1.807) is 25.1 Å². The first-order valence-corrected chi connectivity index (χ1v) is 6.49. The maximum absolute atomic E-state index is 5.29. The number of nitrogens with one attached hydrogen (secondary N) is 1. The lowest BCUT2D eigenvalue weighted by Gasteiger charge is -2.10. The normalized spacial score (nSPS) is 10.6. The van der Waals surface area contributed by atoms with Gasteiger partial charge in [0.25, 0.3) is 0 Å². The number of benzene rings is 1. The van der Waals surface area contributed by atoms with Crippen LogP contribution in [0.25, 0.3) is 0 Å². The molecule has 0 saturated heterocycles. The van der Waals surface area contributed by atoms with E-state index in [1.807, 2.05) is 19.2 Å². The van der Waals surface area contributed by atoms with Gasteiger partial charge in [0.05, 0.1) is 26.1 Å². The Kier molecular flexibility index (Phi) is 4.95. The molecule has 0 unspecified atom stereocenters. The monoisotopic (exact) mass is 276 g/mol. The zero-order valence-corrected chi connectivity index (χ0v) is 12.1. The zero-order chi connectivity index (χ0) is 14.4. The van der Waals surface area contributed by atoms with Crippen molar-refractivity contribution in [1.29, 1.82) is 0 Å². The van der Waals surface area contributed by atoms with Gasteiger partial charge in [-0.15, -0.1) is 5.10 Å². The minimum Gasteiger partial charge on any atom is -0.493 e. The van der Waals surface area contributed by atoms with Crippen molar-refractivity contribution in [2.45, 2.75) is 13.0 Å². The summed E-state index contributed by atoms with van der Waals surface area (Å²) in [5.74, 6) is 1.52. The first-order valence-electron chi connectivity index (χ1n) is 6.49. The van der Waals surface area contributed by atoms with Gasteiger partial charge in [-0.1, -0.05) is 11.3 Å². The number of aromatic nitrogens is 3. The van der Waals surface area contributed by atoms with E-state index >= 15 is 0 Å². The molecule has 0 aliphatic carbocycles. The Morgan fingerprint density at radius 2 is 2.00 bits per heavy atom. The lowest BCUT2D eigenvalue weighted by Crippen LogP contribution is -2.18. The second kappa shape index (κ2) is 6.91. The Labute approximate surface area is 118 Å². The molecule has 0 spiro atoms. The summed E-state index contributed by atoms with van der Waals surface area (Å²) in [6.07, 6.45) is 2.69. The summed E-state index contributed by atoms with van der Waals surface area (Å²) in [7, 11) is 5.18. The van der Waals surface area contributed by atoms with Crippen LogP contribution in [0.2, 0.25) is 0 Å². The average Bonchev–Trinajstić information content (AvgIpc) is 2.88. The zero-order valence-electron chi connectivity index (χ0n) is 12.1. The van der Waals surface area contributed by atoms with Gasteiger partial charge in [0.15, 0.2) is 11.5 Å². The van der Waals surface area contributed by atoms with Gasteiger partial charge in [0.1, 0.15) is 0 Å². The number of nitrogens with zero attached hydrogens (tertiary/aromatic N) is 3. The van der Waals surface area contributed by atoms with Crippen LogP contribution < -0.4 is 14.8 Å². The fourth-order valence-electron chi connectivity index (χ4n) is 1.96. The molecular formula is C14H20N4O2. The van der Waals surface area contributed by atoms with Crippen molar-refractivity contribution in [3.05, 3.63) is 35.7 Å². The van der Waals surface area contributed by atoms with E-state index in [4.69, 9.17) is 9.47 Å². The molecule has 0 radical (unpaired) electrons. The molecular weight excluding hydrogens is 256 g/mol. The summed E-state index contributed by atoms with van der Waals surface area (Å²) in [5.41, 5.74) is 2.27. The molecule has 108 valence electrons. The molecule has 6 nitrogen and oxygen atoms in total. The van der Waals surface area contributed by atoms with Crippen LogP contribution in [-0.2, 0) is 20.0 Å². The Balaban J connectivity index is 1.83. The molecule has 0 aliphatic heterocycles. The standard InChI is InChI=1S/C14H20N4O2/c1-18-12(10-16-17-18)9-15-7-6-11-4-5-13(19-2)14(8-11)20-3/h4-5,8,10,15H,6-7,9H2,1-3H3. The Hall–Kier alpha value is -2.08. The first kappa shape index (κ1) is 14.3. The molecule has 1 N–H and O–H groups in total. The number of hydrogen-bond donors (Lipinski definition) is 1. The predicted octanol–water partition coefficient (Wildman–Crippen LogP) is 1.16. The Morgan fingerprint density at radius 1 is 1.20 bits per heavy atom. The smallest absolute Gasteiger partial charge is 0.160 e. The highest BCUT2D eigenvalue weighted by atomic mass is 16.5. The van der Waals surface area contributed by atoms with Crippen molar-refractivity contribution in [3.8, 4) is 11.5 Å². The van der Waals surface area contributed by atoms with Gasteiger partial charge < -0.3 is 14.8 Å². The van der Waals surface area contributed by atoms with E-state index in [0.717, 1.165) is 36.7 Å². The summed E-state index contributed by atoms with van der Waals surface area (Å²) in [6, 6.07) is 5.99. The molecule has 0 fully saturated rings. The first-order chi connectivity index (χ1) is 9.74. The van der Waals surface area contributed by atoms with Crippen LogP contribution in [0.4, 0.5) is 0 Å². The maximum atomic E-state index is 5.29. The van der Waals surface area contributed by atoms with Crippen molar-refractivity contribution >= 4 is 0 Å². The minimum atomic E-state index is 0.755. The Morgan fingerprint density at radius 3 is 2.65 bits per heavy atom. The van der Waals surface area contributed by atoms with E-state index < -0.39 is 0 Å². The lowest BCUT2D eigenvalue weighted by molar-refractivity contribution is 0.354. The van der Waals surface area contributed by atoms with Gasteiger partial charge in [-0.25, -0.2) is 0 Å². The van der Waals surface area contributed by atoms with E-state index in [0.29, 0.717) is 0 Å². The molecule has 1 aromatic carbocycles. The minimum absolute atomic E-state index is 0.755. The largest absolute Gasteiger partial charge is 0.493 e. The predicted molar refractivity (Wildman–Crippen MR) is 76.0 cm³/mol. The third kappa shape index (κ3) is 3.48. The highest BCUT2D eigenvalue weighted by Crippen LogP contribution is 2.27. The van der Waals surface area contributed by atoms with Crippen LogP contribution in [0.3, 0.4) is 0 Å². The number of rotatable bonds is 7. The number of hydrogen-bond acceptors (Lipinski definition) is 5. The fraction of sp³-hybridized carbons (Fsp3) is 0.429. The van der Waals surface area contributed by atoms with E-state index in [2.05, 4.69) is 21.7 Å². The highest BCUT2D eigenvalue weighted by molar-refractivity contribution is 5.42. The van der Waals surface area contributed by atoms with Crippen LogP contribution in [0.15, 0.2) is 24.4 Å². The van der Waals surface area contributed by atoms with Crippen LogP contribution in [-0.4, -0.2) is 35.8 Å². The lowest BCUT2D eigenvalue weighted by atomic mass is 10.1. The topological polar surface area (TPSA) is 61.2 Å². The molecule has 6 heteroatoms. The quantitative estimate of drug-likeness (QED) is 0.769. The van der Waals surface area contributed by atoms with E-state index in [1.165, 1.54) is 5.56 Å². The number of ether oxygens (including phenoxy) is 2. The van der Waals surface area contributed by atoms with E-state index in [9.17, 15) is 0 Å². The average molecular weight is 276 g/mol. The van der Waals surface area contributed by atoms with Crippen molar-refractivity contribution < 1.29 is 9.47 Å². The molecule has 2 rings (SSSR count). The summed E-state index contributed by atoms with van der Waals surface area (Å²) in [5, 5.41) is 11.1. The molecule has 0 bridgehead atoms. The van der Waals surface area contributed by atoms with Crippen molar-refractivity contribution in [2.75, 3.05) is 20.8 Å². The van der Waals surface area contributed by atoms with Gasteiger partial charge in [-0.2, -0.15) is 0 Å². The van der Waals surface area contributed by atoms with Gasteiger partial charge >= 0.3 is 0 Å². The molecule has 0 saturated carbocycles. The van der Waals surface area contributed by atoms with Gasteiger partial charge in [-0.05, 0) is 30.7 Å². The molecule has 0 atom stereocenters. The number of aryl methyl sites for hydroxylation is 1. The van der Waals surface area contributed by atoms with Crippen molar-refractivity contribution in [2.24, 2.45) is 7.05 Å². The van der Waals surface area contributed by atoms with Gasteiger partial charge in [0, 0.05) is 13.6 Å². The molecule has 1 heterocycles. The number of methoxy groups -OCH3 is 2. The van der Waals surface area contributed by atoms with Crippen LogP contribution in [0.1, 0.15) is 11.3 Å². The second-order valence-corrected chi connectivity index (χ2v) is 4.47. The summed E-state index contributed by atoms with van der Waals surface area (Å²) >= 11 is 0. The third-order valence-corrected chi connectivity index (χ3v) is 3.15. The van der Waals surface area contributed by atoms with Crippen LogP contribution >= 0.6 is 0 Å². The molecule has 1 aromatic heterocycles. The van der Waals surface area contributed by atoms with Crippen LogP contribution in [0, 0.1) is 0 Å². The SMILES string of the molecule is COc1ccc(CCNCc2cnnn2C)cc1OC. The fourth-order valence-corrected chi connectivity index (χ4v) is 1.96. The molecule has 20 heavy (non-hydrogen) atoms. The molecule has 2 aromatic rings. The summed E-state index contributed by atoms with van der Waals surface area (Å²) in [4.78, 5) is 0. The second-order valence-electron chi connectivity index (χ2n) is 4.47.